The number of ether oxygens (including phenoxy) is 1. The summed E-state index contributed by atoms with van der Waals surface area (Å²) in [7, 11) is 0. The molecule has 0 atom stereocenters. The Labute approximate surface area is 138 Å². The van der Waals surface area contributed by atoms with Crippen molar-refractivity contribution >= 4 is 11.8 Å². The van der Waals surface area contributed by atoms with Crippen LogP contribution in [0, 0.1) is 12.3 Å². The Morgan fingerprint density at radius 1 is 1.09 bits per heavy atom. The van der Waals surface area contributed by atoms with Crippen molar-refractivity contribution in [2.45, 2.75) is 27.7 Å². The predicted octanol–water partition coefficient (Wildman–Crippen LogP) is 2.09. The monoisotopic (exact) mass is 318 g/mol. The van der Waals surface area contributed by atoms with E-state index in [0.717, 1.165) is 5.56 Å². The first kappa shape index (κ1) is 17.3. The third kappa shape index (κ3) is 4.71. The van der Waals surface area contributed by atoms with Crippen molar-refractivity contribution in [3.63, 3.8) is 0 Å². The SMILES string of the molecule is Cc1cccc(OCC(=O)N2CCN(C(=O)C(C)(C)C)CC2)c1. The smallest absolute Gasteiger partial charge is 0.260 e. The van der Waals surface area contributed by atoms with Gasteiger partial charge in [0, 0.05) is 31.6 Å². The minimum atomic E-state index is -0.375. The maximum absolute atomic E-state index is 12.2. The number of carbonyl (C=O) groups excluding carboxylic acids is 2. The fraction of sp³-hybridized carbons (Fsp3) is 0.556. The van der Waals surface area contributed by atoms with Gasteiger partial charge in [-0.2, -0.15) is 0 Å². The molecule has 2 amide bonds. The summed E-state index contributed by atoms with van der Waals surface area (Å²) < 4.78 is 5.56. The maximum atomic E-state index is 12.2. The molecule has 0 N–H and O–H groups in total. The topological polar surface area (TPSA) is 49.9 Å². The Balaban J connectivity index is 1.81. The number of aryl methyl sites for hydroxylation is 1. The van der Waals surface area contributed by atoms with Gasteiger partial charge in [-0.1, -0.05) is 32.9 Å². The van der Waals surface area contributed by atoms with Gasteiger partial charge in [0.15, 0.2) is 6.61 Å². The van der Waals surface area contributed by atoms with E-state index in [9.17, 15) is 9.59 Å². The highest BCUT2D eigenvalue weighted by molar-refractivity contribution is 5.82. The second-order valence-electron chi connectivity index (χ2n) is 7.03. The van der Waals surface area contributed by atoms with Crippen LogP contribution in [-0.4, -0.2) is 54.4 Å². The molecule has 23 heavy (non-hydrogen) atoms. The van der Waals surface area contributed by atoms with E-state index < -0.39 is 0 Å². The molecule has 0 bridgehead atoms. The van der Waals surface area contributed by atoms with Crippen molar-refractivity contribution < 1.29 is 14.3 Å². The first-order valence-electron chi connectivity index (χ1n) is 8.04. The molecule has 126 valence electrons. The summed E-state index contributed by atoms with van der Waals surface area (Å²) in [6.07, 6.45) is 0. The number of hydrogen-bond acceptors (Lipinski definition) is 3. The summed E-state index contributed by atoms with van der Waals surface area (Å²) in [5, 5.41) is 0. The number of benzene rings is 1. The Bertz CT molecular complexity index is 570. The van der Waals surface area contributed by atoms with Crippen molar-refractivity contribution in [1.29, 1.82) is 0 Å². The van der Waals surface area contributed by atoms with Crippen molar-refractivity contribution in [2.75, 3.05) is 32.8 Å². The number of hydrogen-bond donors (Lipinski definition) is 0. The predicted molar refractivity (Wildman–Crippen MR) is 89.3 cm³/mol. The largest absolute Gasteiger partial charge is 0.484 e. The third-order valence-electron chi connectivity index (χ3n) is 3.91. The first-order chi connectivity index (χ1) is 10.8. The summed E-state index contributed by atoms with van der Waals surface area (Å²) in [6.45, 7) is 10.1. The number of nitrogens with zero attached hydrogens (tertiary/aromatic N) is 2. The van der Waals surface area contributed by atoms with Crippen LogP contribution in [0.5, 0.6) is 5.75 Å². The number of amides is 2. The quantitative estimate of drug-likeness (QED) is 0.857. The van der Waals surface area contributed by atoms with Gasteiger partial charge in [0.1, 0.15) is 5.75 Å². The van der Waals surface area contributed by atoms with Crippen LogP contribution >= 0.6 is 0 Å². The number of carbonyl (C=O) groups is 2. The van der Waals surface area contributed by atoms with Crippen LogP contribution in [-0.2, 0) is 9.59 Å². The van der Waals surface area contributed by atoms with E-state index in [1.165, 1.54) is 0 Å². The Hall–Kier alpha value is -2.04. The molecule has 5 nitrogen and oxygen atoms in total. The molecular weight excluding hydrogens is 292 g/mol. The molecule has 1 aromatic carbocycles. The molecule has 1 aliphatic heterocycles. The second-order valence-corrected chi connectivity index (χ2v) is 7.03. The number of rotatable bonds is 3. The normalized spacial score (nSPS) is 15.5. The molecule has 1 heterocycles. The fourth-order valence-electron chi connectivity index (χ4n) is 2.57. The van der Waals surface area contributed by atoms with Crippen LogP contribution in [0.15, 0.2) is 24.3 Å². The molecule has 1 fully saturated rings. The highest BCUT2D eigenvalue weighted by Crippen LogP contribution is 2.19. The van der Waals surface area contributed by atoms with Crippen LogP contribution in [0.2, 0.25) is 0 Å². The van der Waals surface area contributed by atoms with E-state index in [1.54, 1.807) is 4.90 Å². The molecule has 1 aromatic rings. The van der Waals surface area contributed by atoms with Crippen LogP contribution in [0.4, 0.5) is 0 Å². The zero-order chi connectivity index (χ0) is 17.0. The van der Waals surface area contributed by atoms with Crippen LogP contribution < -0.4 is 4.74 Å². The lowest BCUT2D eigenvalue weighted by Gasteiger charge is -2.37. The van der Waals surface area contributed by atoms with Gasteiger partial charge in [0.2, 0.25) is 5.91 Å². The average molecular weight is 318 g/mol. The van der Waals surface area contributed by atoms with E-state index in [2.05, 4.69) is 0 Å². The highest BCUT2D eigenvalue weighted by atomic mass is 16.5. The van der Waals surface area contributed by atoms with E-state index in [4.69, 9.17) is 4.74 Å². The van der Waals surface area contributed by atoms with Gasteiger partial charge in [-0.05, 0) is 24.6 Å². The fourth-order valence-corrected chi connectivity index (χ4v) is 2.57. The van der Waals surface area contributed by atoms with Crippen LogP contribution in [0.3, 0.4) is 0 Å². The molecule has 0 saturated carbocycles. The van der Waals surface area contributed by atoms with Crippen molar-refractivity contribution in [3.05, 3.63) is 29.8 Å². The summed E-state index contributed by atoms with van der Waals surface area (Å²) in [5.41, 5.74) is 0.727. The van der Waals surface area contributed by atoms with Crippen molar-refractivity contribution in [2.24, 2.45) is 5.41 Å². The molecule has 0 aromatic heterocycles. The van der Waals surface area contributed by atoms with Crippen molar-refractivity contribution in [1.82, 2.24) is 9.80 Å². The Kier molecular flexibility index (Phi) is 5.29. The minimum Gasteiger partial charge on any atom is -0.484 e. The number of piperazine rings is 1. The third-order valence-corrected chi connectivity index (χ3v) is 3.91. The van der Waals surface area contributed by atoms with E-state index in [0.29, 0.717) is 31.9 Å². The first-order valence-corrected chi connectivity index (χ1v) is 8.04. The van der Waals surface area contributed by atoms with E-state index in [1.807, 2.05) is 56.9 Å². The Morgan fingerprint density at radius 2 is 1.70 bits per heavy atom. The van der Waals surface area contributed by atoms with E-state index in [-0.39, 0.29) is 23.8 Å². The molecule has 1 saturated heterocycles. The molecule has 0 aliphatic carbocycles. The molecule has 1 aliphatic rings. The van der Waals surface area contributed by atoms with Crippen molar-refractivity contribution in [3.8, 4) is 5.75 Å². The molecule has 0 radical (unpaired) electrons. The van der Waals surface area contributed by atoms with Gasteiger partial charge in [0.25, 0.3) is 5.91 Å². The van der Waals surface area contributed by atoms with Gasteiger partial charge < -0.3 is 14.5 Å². The second kappa shape index (κ2) is 7.02. The lowest BCUT2D eigenvalue weighted by atomic mass is 9.94. The van der Waals surface area contributed by atoms with Crippen LogP contribution in [0.1, 0.15) is 26.3 Å². The summed E-state index contributed by atoms with van der Waals surface area (Å²) >= 11 is 0. The van der Waals surface area contributed by atoms with Gasteiger partial charge in [0.05, 0.1) is 0 Å². The lowest BCUT2D eigenvalue weighted by molar-refractivity contribution is -0.145. The minimum absolute atomic E-state index is 0.0330. The highest BCUT2D eigenvalue weighted by Gasteiger charge is 2.30. The maximum Gasteiger partial charge on any atom is 0.260 e. The van der Waals surface area contributed by atoms with Gasteiger partial charge in [-0.25, -0.2) is 0 Å². The summed E-state index contributed by atoms with van der Waals surface area (Å²) in [6, 6.07) is 7.65. The molecule has 2 rings (SSSR count). The summed E-state index contributed by atoms with van der Waals surface area (Å²) in [5.74, 6) is 0.815. The standard InChI is InChI=1S/C18H26N2O3/c1-14-6-5-7-15(12-14)23-13-16(21)19-8-10-20(11-9-19)17(22)18(2,3)4/h5-7,12H,8-11,13H2,1-4H3. The zero-order valence-electron chi connectivity index (χ0n) is 14.5. The lowest BCUT2D eigenvalue weighted by Crippen LogP contribution is -2.53. The molecule has 0 spiro atoms. The Morgan fingerprint density at radius 3 is 2.26 bits per heavy atom. The van der Waals surface area contributed by atoms with Gasteiger partial charge in [-0.3, -0.25) is 9.59 Å². The molecular formula is C18H26N2O3. The van der Waals surface area contributed by atoms with Crippen LogP contribution in [0.25, 0.3) is 0 Å². The summed E-state index contributed by atoms with van der Waals surface area (Å²) in [4.78, 5) is 28.1. The van der Waals surface area contributed by atoms with Gasteiger partial charge >= 0.3 is 0 Å². The van der Waals surface area contributed by atoms with Gasteiger partial charge in [-0.15, -0.1) is 0 Å². The molecule has 0 unspecified atom stereocenters. The molecule has 5 heteroatoms. The average Bonchev–Trinajstić information content (AvgIpc) is 2.51. The van der Waals surface area contributed by atoms with E-state index >= 15 is 0 Å². The zero-order valence-corrected chi connectivity index (χ0v) is 14.5.